The zero-order chi connectivity index (χ0) is 25.5. The Bertz CT molecular complexity index is 1350. The zero-order valence-electron chi connectivity index (χ0n) is 19.8. The molecule has 0 saturated carbocycles. The smallest absolute Gasteiger partial charge is 0.318 e. The molecule has 0 N–H and O–H groups in total. The predicted octanol–water partition coefficient (Wildman–Crippen LogP) is 5.44. The fourth-order valence-electron chi connectivity index (χ4n) is 4.39. The van der Waals surface area contributed by atoms with Gasteiger partial charge in [0.25, 0.3) is 11.4 Å². The molecule has 3 aromatic rings. The molecule has 0 unspecified atom stereocenters. The molecule has 10 heteroatoms. The molecule has 0 saturated heterocycles. The first kappa shape index (κ1) is 23.8. The molecule has 0 amide bonds. The van der Waals surface area contributed by atoms with Crippen LogP contribution in [-0.2, 0) is 11.3 Å². The summed E-state index contributed by atoms with van der Waals surface area (Å²) in [6.07, 6.45) is 1.33. The van der Waals surface area contributed by atoms with Gasteiger partial charge in [-0.25, -0.2) is 4.79 Å². The van der Waals surface area contributed by atoms with Crippen LogP contribution in [0.3, 0.4) is 0 Å². The number of nitro groups is 2. The van der Waals surface area contributed by atoms with Crippen LogP contribution in [0.25, 0.3) is 5.69 Å². The van der Waals surface area contributed by atoms with Crippen molar-refractivity contribution in [3.63, 3.8) is 0 Å². The van der Waals surface area contributed by atoms with E-state index in [1.165, 1.54) is 0 Å². The van der Waals surface area contributed by atoms with Crippen molar-refractivity contribution in [3.8, 4) is 5.69 Å². The highest BCUT2D eigenvalue weighted by atomic mass is 16.7. The summed E-state index contributed by atoms with van der Waals surface area (Å²) in [6, 6.07) is 12.8. The second-order valence-corrected chi connectivity index (χ2v) is 9.50. The van der Waals surface area contributed by atoms with Gasteiger partial charge in [-0.15, -0.1) is 0 Å². The molecule has 1 aromatic heterocycles. The van der Waals surface area contributed by atoms with Gasteiger partial charge in [0.2, 0.25) is 0 Å². The average Bonchev–Trinajstić information content (AvgIpc) is 3.12. The van der Waals surface area contributed by atoms with Gasteiger partial charge in [0.05, 0.1) is 27.2 Å². The van der Waals surface area contributed by atoms with Gasteiger partial charge in [-0.1, -0.05) is 36.7 Å². The number of hydrogen-bond donors (Lipinski definition) is 0. The third-order valence-corrected chi connectivity index (χ3v) is 5.98. The topological polar surface area (TPSA) is 130 Å². The molecule has 4 rings (SSSR count). The minimum absolute atomic E-state index is 0.171. The van der Waals surface area contributed by atoms with E-state index >= 15 is 0 Å². The largest absolute Gasteiger partial charge is 0.366 e. The van der Waals surface area contributed by atoms with Gasteiger partial charge in [-0.05, 0) is 50.3 Å². The lowest BCUT2D eigenvalue weighted by atomic mass is 9.76. The van der Waals surface area contributed by atoms with Gasteiger partial charge in [0, 0.05) is 34.8 Å². The summed E-state index contributed by atoms with van der Waals surface area (Å²) in [7, 11) is 0. The number of nitrogens with zero attached hydrogens (tertiary/aromatic N) is 4. The van der Waals surface area contributed by atoms with Crippen LogP contribution in [0.2, 0.25) is 0 Å². The molecule has 0 fully saturated rings. The lowest BCUT2D eigenvalue weighted by Crippen LogP contribution is -2.28. The molecule has 35 heavy (non-hydrogen) atoms. The van der Waals surface area contributed by atoms with E-state index in [-0.39, 0.29) is 11.0 Å². The van der Waals surface area contributed by atoms with Gasteiger partial charge in [-0.2, -0.15) is 0 Å². The number of aryl methyl sites for hydroxylation is 2. The van der Waals surface area contributed by atoms with Crippen molar-refractivity contribution in [1.82, 2.24) is 4.57 Å². The number of nitro benzene ring substituents is 2. The number of non-ortho nitro benzene ring substituents is 2. The third kappa shape index (κ3) is 4.81. The summed E-state index contributed by atoms with van der Waals surface area (Å²) in [4.78, 5) is 38.5. The van der Waals surface area contributed by atoms with Crippen molar-refractivity contribution in [3.05, 3.63) is 96.8 Å². The Kier molecular flexibility index (Phi) is 5.98. The van der Waals surface area contributed by atoms with Crippen molar-refractivity contribution in [2.75, 3.05) is 0 Å². The standard InChI is InChI=1S/C25H24N4O6/c1-15-5-7-18(8-6-15)27-16(2)9-21-22(13-25(3,4)14-23(21)27)26-35-24(30)17-10-19(28(31)32)12-20(11-17)29(33)34/h5-12H,13-14H2,1-4H3/b26-22+. The second-order valence-electron chi connectivity index (χ2n) is 9.50. The van der Waals surface area contributed by atoms with E-state index < -0.39 is 27.2 Å². The maximum atomic E-state index is 12.7. The fraction of sp³-hybridized carbons (Fsp3) is 0.280. The zero-order valence-corrected chi connectivity index (χ0v) is 19.8. The molecule has 0 spiro atoms. The molecule has 2 aromatic carbocycles. The molecule has 0 atom stereocenters. The Morgan fingerprint density at radius 2 is 1.57 bits per heavy atom. The maximum Gasteiger partial charge on any atom is 0.366 e. The van der Waals surface area contributed by atoms with E-state index in [2.05, 4.69) is 35.7 Å². The quantitative estimate of drug-likeness (QED) is 0.274. The van der Waals surface area contributed by atoms with Gasteiger partial charge in [0.1, 0.15) is 0 Å². The highest BCUT2D eigenvalue weighted by Crippen LogP contribution is 2.38. The Balaban J connectivity index is 1.71. The van der Waals surface area contributed by atoms with Crippen LogP contribution in [-0.4, -0.2) is 26.1 Å². The van der Waals surface area contributed by atoms with Crippen molar-refractivity contribution >= 4 is 23.1 Å². The minimum Gasteiger partial charge on any atom is -0.318 e. The van der Waals surface area contributed by atoms with Crippen molar-refractivity contribution < 1.29 is 19.5 Å². The molecule has 10 nitrogen and oxygen atoms in total. The van der Waals surface area contributed by atoms with Crippen molar-refractivity contribution in [2.24, 2.45) is 10.6 Å². The number of carbonyl (C=O) groups excluding carboxylic acids is 1. The number of aromatic nitrogens is 1. The SMILES string of the molecule is Cc1ccc(-n2c(C)cc3c2CC(C)(C)C/C3=N\OC(=O)c2cc([N+](=O)[O-])cc([N+](=O)[O-])c2)cc1. The van der Waals surface area contributed by atoms with E-state index in [9.17, 15) is 25.0 Å². The first-order valence-corrected chi connectivity index (χ1v) is 11.0. The molecule has 0 radical (unpaired) electrons. The van der Waals surface area contributed by atoms with E-state index in [0.717, 1.165) is 52.8 Å². The van der Waals surface area contributed by atoms with Crippen LogP contribution in [0.5, 0.6) is 0 Å². The molecular weight excluding hydrogens is 452 g/mol. The van der Waals surface area contributed by atoms with E-state index in [4.69, 9.17) is 4.84 Å². The first-order chi connectivity index (χ1) is 16.4. The fourth-order valence-corrected chi connectivity index (χ4v) is 4.39. The number of rotatable bonds is 5. The highest BCUT2D eigenvalue weighted by Gasteiger charge is 2.34. The van der Waals surface area contributed by atoms with Gasteiger partial charge in [-0.3, -0.25) is 20.2 Å². The summed E-state index contributed by atoms with van der Waals surface area (Å²) in [6.45, 7) is 8.22. The van der Waals surface area contributed by atoms with E-state index in [1.807, 2.05) is 32.0 Å². The molecule has 1 heterocycles. The number of fused-ring (bicyclic) bond motifs is 1. The van der Waals surface area contributed by atoms with Crippen LogP contribution in [0.4, 0.5) is 11.4 Å². The Hall–Kier alpha value is -4.34. The number of hydrogen-bond acceptors (Lipinski definition) is 7. The molecule has 180 valence electrons. The highest BCUT2D eigenvalue weighted by molar-refractivity contribution is 6.04. The second kappa shape index (κ2) is 8.79. The minimum atomic E-state index is -1.01. The summed E-state index contributed by atoms with van der Waals surface area (Å²) in [5, 5.41) is 26.4. The van der Waals surface area contributed by atoms with Crippen LogP contribution >= 0.6 is 0 Å². The van der Waals surface area contributed by atoms with Crippen LogP contribution < -0.4 is 0 Å². The summed E-state index contributed by atoms with van der Waals surface area (Å²) >= 11 is 0. The van der Waals surface area contributed by atoms with Gasteiger partial charge in [0.15, 0.2) is 0 Å². The Labute approximate surface area is 201 Å². The molecular formula is C25H24N4O6. The van der Waals surface area contributed by atoms with Crippen molar-refractivity contribution in [1.29, 1.82) is 0 Å². The lowest BCUT2D eigenvalue weighted by molar-refractivity contribution is -0.394. The van der Waals surface area contributed by atoms with Gasteiger partial charge >= 0.3 is 5.97 Å². The molecule has 1 aliphatic carbocycles. The number of carbonyl (C=O) groups is 1. The normalized spacial score (nSPS) is 15.5. The number of oxime groups is 1. The van der Waals surface area contributed by atoms with Crippen LogP contribution in [0.1, 0.15) is 53.1 Å². The summed E-state index contributed by atoms with van der Waals surface area (Å²) in [5.41, 5.74) is 4.01. The lowest BCUT2D eigenvalue weighted by Gasteiger charge is -2.31. The molecule has 0 bridgehead atoms. The first-order valence-electron chi connectivity index (χ1n) is 11.0. The molecule has 0 aliphatic heterocycles. The van der Waals surface area contributed by atoms with Gasteiger partial charge < -0.3 is 9.40 Å². The van der Waals surface area contributed by atoms with Crippen LogP contribution in [0, 0.1) is 39.5 Å². The number of benzene rings is 2. The predicted molar refractivity (Wildman–Crippen MR) is 129 cm³/mol. The maximum absolute atomic E-state index is 12.7. The average molecular weight is 476 g/mol. The Morgan fingerprint density at radius 1 is 0.971 bits per heavy atom. The Morgan fingerprint density at radius 3 is 2.14 bits per heavy atom. The van der Waals surface area contributed by atoms with E-state index in [1.54, 1.807) is 0 Å². The van der Waals surface area contributed by atoms with Crippen LogP contribution in [0.15, 0.2) is 53.7 Å². The van der Waals surface area contributed by atoms with E-state index in [0.29, 0.717) is 12.1 Å². The monoisotopic (exact) mass is 476 g/mol. The summed E-state index contributed by atoms with van der Waals surface area (Å²) in [5.74, 6) is -1.01. The summed E-state index contributed by atoms with van der Waals surface area (Å²) < 4.78 is 2.16. The third-order valence-electron chi connectivity index (χ3n) is 5.98. The van der Waals surface area contributed by atoms with Crippen molar-refractivity contribution in [2.45, 2.75) is 40.5 Å². The molecule has 1 aliphatic rings.